The molecule has 131 heavy (non-hydrogen) atoms. The fourth-order valence-corrected chi connectivity index (χ4v) is 17.9. The van der Waals surface area contributed by atoms with E-state index in [1.54, 1.807) is 6.92 Å². The zero-order valence-electron chi connectivity index (χ0n) is 73.2. The number of aliphatic hydroxyl groups is 11. The van der Waals surface area contributed by atoms with Gasteiger partial charge in [0, 0.05) is 66.9 Å². The van der Waals surface area contributed by atoms with Gasteiger partial charge >= 0.3 is 0 Å². The number of amides is 5. The Labute approximate surface area is 765 Å². The number of aryl methyl sites for hydroxylation is 1. The summed E-state index contributed by atoms with van der Waals surface area (Å²) in [6.45, 7) is 9.04. The molecule has 11 bridgehead atoms. The number of aromatic hydroxyl groups is 3. The van der Waals surface area contributed by atoms with Gasteiger partial charge in [0.2, 0.25) is 47.8 Å². The lowest BCUT2D eigenvalue weighted by molar-refractivity contribution is -0.299. The number of aliphatic hydroxyl groups excluding tert-OH is 11. The highest BCUT2D eigenvalue weighted by atomic mass is 35.5. The molecule has 0 aromatic heterocycles. The van der Waals surface area contributed by atoms with Gasteiger partial charge in [0.25, 0.3) is 6.47 Å². The maximum absolute atomic E-state index is 16.6. The summed E-state index contributed by atoms with van der Waals surface area (Å²) in [5.41, 5.74) is 4.15. The van der Waals surface area contributed by atoms with Crippen LogP contribution < -0.4 is 51.8 Å². The molecule has 3 unspecified atom stereocenters. The van der Waals surface area contributed by atoms with E-state index in [2.05, 4.69) is 51.0 Å². The molecule has 36 nitrogen and oxygen atoms in total. The molecule has 1 saturated carbocycles. The molecular formula is C93H117Cl2N7O29. The summed E-state index contributed by atoms with van der Waals surface area (Å²) in [6, 6.07) is 15.4. The Morgan fingerprint density at radius 3 is 1.98 bits per heavy atom. The van der Waals surface area contributed by atoms with Gasteiger partial charge in [-0.3, -0.25) is 43.2 Å². The predicted molar refractivity (Wildman–Crippen MR) is 470 cm³/mol. The Hall–Kier alpha value is -10.1. The number of phenols is 3. The number of ketones is 3. The average molecular weight is 1870 g/mol. The number of phenolic OH excluding ortho intramolecular Hbond substituents is 3. The molecule has 6 heterocycles. The van der Waals surface area contributed by atoms with Crippen molar-refractivity contribution in [1.29, 1.82) is 0 Å². The van der Waals surface area contributed by atoms with Gasteiger partial charge in [0.1, 0.15) is 108 Å². The summed E-state index contributed by atoms with van der Waals surface area (Å²) < 4.78 is 39.4. The largest absolute Gasteiger partial charge is 0.507 e. The highest BCUT2D eigenvalue weighted by molar-refractivity contribution is 6.32. The van der Waals surface area contributed by atoms with Crippen LogP contribution in [0, 0.1) is 23.7 Å². The van der Waals surface area contributed by atoms with Crippen LogP contribution in [0.5, 0.6) is 46.0 Å². The van der Waals surface area contributed by atoms with Crippen molar-refractivity contribution >= 4 is 76.6 Å². The Kier molecular flexibility index (Phi) is 34.9. The summed E-state index contributed by atoms with van der Waals surface area (Å²) in [5, 5.41) is 175. The minimum absolute atomic E-state index is 0.00362. The number of halogens is 2. The number of fused-ring (bicyclic) bond motifs is 15. The zero-order chi connectivity index (χ0) is 95.3. The number of nitrogens with two attached hydrogens (primary N) is 1. The fraction of sp³-hybridized carbons (Fsp3) is 0.516. The molecule has 6 aromatic carbocycles. The second-order valence-corrected chi connectivity index (χ2v) is 35.9. The topological polar surface area (TPSA) is 590 Å². The number of carbonyl (C=O) groups excluding carboxylic acids is 9. The van der Waals surface area contributed by atoms with E-state index in [0.29, 0.717) is 13.0 Å². The maximum atomic E-state index is 16.6. The van der Waals surface area contributed by atoms with Gasteiger partial charge in [-0.05, 0) is 165 Å². The molecular weight excluding hydrogens is 1750 g/mol. The Bertz CT molecular complexity index is 5090. The highest BCUT2D eigenvalue weighted by Gasteiger charge is 2.52. The number of rotatable bonds is 33. The van der Waals surface area contributed by atoms with E-state index in [1.165, 1.54) is 35.9 Å². The van der Waals surface area contributed by atoms with E-state index in [9.17, 15) is 90.7 Å². The molecule has 5 amide bonds. The minimum Gasteiger partial charge on any atom is -0.507 e. The van der Waals surface area contributed by atoms with Gasteiger partial charge in [-0.25, -0.2) is 0 Å². The second kappa shape index (κ2) is 45.1. The van der Waals surface area contributed by atoms with Gasteiger partial charge in [-0.2, -0.15) is 0 Å². The lowest BCUT2D eigenvalue weighted by atomic mass is 9.73. The SMILES string of the molecule is CCCCCc1ccc(CNC2(C)C[C@H](O[C@@H]3C(O)C(O)[C@@H](CO)O[C@H]3Oc3c4cc5cc3Oc3ccc(cc3Cl)[C@@H](O)[C@@H](NC(=O)[C@H](CC)CC(C)C)C(=O)C[C@@H](CC(N)=O)C(=O)N[C@H]5C(=O)C[C@H]3C(=O)N[C@H](C(=O)N[C@H](OC=O)c5cc(O)c(CNCCCCC(=O)[C@H](O)[C@@H](O)[C@H](O)[C@H](O)CO)c(O)c5-c5cc3ccc5O)[C@H](O)c3ccc(c(Cl)c3)O4)C[C@@H](C)[C@H]2O)cc1. The first-order valence-electron chi connectivity index (χ1n) is 43.9. The van der Waals surface area contributed by atoms with Gasteiger partial charge in [0.05, 0.1) is 52.9 Å². The quantitative estimate of drug-likeness (QED) is 0.0189. The van der Waals surface area contributed by atoms with E-state index in [0.717, 1.165) is 73.7 Å². The Morgan fingerprint density at radius 1 is 0.710 bits per heavy atom. The highest BCUT2D eigenvalue weighted by Crippen LogP contribution is 2.52. The van der Waals surface area contributed by atoms with E-state index in [1.807, 2.05) is 39.8 Å². The van der Waals surface area contributed by atoms with Gasteiger partial charge in [-0.15, -0.1) is 0 Å². The molecule has 1 saturated heterocycles. The summed E-state index contributed by atoms with van der Waals surface area (Å²) in [5.74, 6) is -18.8. The van der Waals surface area contributed by atoms with Crippen LogP contribution in [0.2, 0.25) is 10.0 Å². The zero-order valence-corrected chi connectivity index (χ0v) is 74.7. The predicted octanol–water partition coefficient (Wildman–Crippen LogP) is 5.06. The van der Waals surface area contributed by atoms with E-state index < -0.39 is 275 Å². The Morgan fingerprint density at radius 2 is 1.37 bits per heavy atom. The van der Waals surface area contributed by atoms with E-state index in [-0.39, 0.29) is 102 Å². The standard InChI is InChI=1S/C93H117Cl2N7O29/c1-7-9-10-13-45-15-17-46(18-16-45)38-98-93(6)37-53(27-44(5)86(93)121)127-85-83(120)81(118)70(41-104)130-92(85)131-84-68-32-51-33-69(84)129-67-24-21-50(30-59(67)95)77(114)75-90(125)102-91(126-42-105)56-36-62(108)57(39-97-25-12-11-14-61(107)79(116)82(119)80(117)65(111)40-103)78(115)72(56)55-28-48(19-22-60(55)106)54(89(124)101-75)35-64(110)73(51)99-88(123)52(34-71(96)112)31-63(109)74(100-87(122)47(8-2)26-43(3)4)76(113)49-20-23-66(128-68)58(94)29-49/h15-24,28-30,32-33,36,42-44,47,52-54,65,70,73-77,79-83,85-86,91-92,97-98,103-104,106,108,111,113-121H,7-14,25-27,31,34-35,37-41H2,1-6H3,(H2,96,112)(H,99,123)(H,100,122)(H,101,124)(H,102,125)/t44-,47-,52+,53-,54-,65-,70-,73-,74+,75+,76-,77-,79+,80-,81?,82-,83?,85-,86-,91-,92+,93?/m1/s1. The normalized spacial score (nSPS) is 26.5. The van der Waals surface area contributed by atoms with Gasteiger partial charge < -0.3 is 138 Å². The summed E-state index contributed by atoms with van der Waals surface area (Å²) in [7, 11) is 0. The van der Waals surface area contributed by atoms with Gasteiger partial charge in [-0.1, -0.05) is 113 Å². The maximum Gasteiger partial charge on any atom is 0.295 e. The van der Waals surface area contributed by atoms with Crippen molar-refractivity contribution in [3.05, 3.63) is 152 Å². The van der Waals surface area contributed by atoms with Crippen molar-refractivity contribution in [2.45, 2.75) is 260 Å². The molecule has 2 fully saturated rings. The van der Waals surface area contributed by atoms with Crippen LogP contribution in [0.15, 0.2) is 97.1 Å². The number of hydrogen-bond acceptors (Lipinski definition) is 31. The molecule has 13 rings (SSSR count). The van der Waals surface area contributed by atoms with Crippen LogP contribution in [-0.4, -0.2) is 230 Å². The summed E-state index contributed by atoms with van der Waals surface area (Å²) in [4.78, 5) is 132. The van der Waals surface area contributed by atoms with Crippen molar-refractivity contribution < 1.29 is 143 Å². The third-order valence-corrected chi connectivity index (χ3v) is 25.5. The molecule has 0 spiro atoms. The molecule has 38 heteroatoms. The van der Waals surface area contributed by atoms with Crippen molar-refractivity contribution in [1.82, 2.24) is 31.9 Å². The number of primary amides is 1. The Balaban J connectivity index is 1.08. The van der Waals surface area contributed by atoms with Crippen LogP contribution in [0.25, 0.3) is 11.1 Å². The fourth-order valence-electron chi connectivity index (χ4n) is 17.5. The van der Waals surface area contributed by atoms with Crippen molar-refractivity contribution in [3.8, 4) is 57.1 Å². The van der Waals surface area contributed by atoms with Crippen LogP contribution in [-0.2, 0) is 76.9 Å². The molecule has 712 valence electrons. The number of nitrogens with one attached hydrogen (secondary N) is 6. The van der Waals surface area contributed by atoms with Crippen molar-refractivity contribution in [3.63, 3.8) is 0 Å². The molecule has 0 radical (unpaired) electrons. The minimum atomic E-state index is -2.26. The first-order valence-corrected chi connectivity index (χ1v) is 44.6. The third-order valence-electron chi connectivity index (χ3n) is 24.9. The monoisotopic (exact) mass is 1870 g/mol. The summed E-state index contributed by atoms with van der Waals surface area (Å²) >= 11 is 14.5. The first-order chi connectivity index (χ1) is 62.3. The van der Waals surface area contributed by atoms with Gasteiger partial charge in [0.15, 0.2) is 28.8 Å². The molecule has 22 atom stereocenters. The van der Waals surface area contributed by atoms with E-state index >= 15 is 24.0 Å². The van der Waals surface area contributed by atoms with E-state index in [4.69, 9.17) is 57.4 Å². The molecule has 6 aromatic rings. The molecule has 6 aliphatic heterocycles. The van der Waals surface area contributed by atoms with Crippen LogP contribution in [0.3, 0.4) is 0 Å². The van der Waals surface area contributed by atoms with Crippen molar-refractivity contribution in [2.75, 3.05) is 19.8 Å². The summed E-state index contributed by atoms with van der Waals surface area (Å²) in [6.07, 6.45) is -24.1. The number of Topliss-reactive ketones (excluding diaryl/α,β-unsaturated/α-hetero) is 3. The third kappa shape index (κ3) is 24.1. The smallest absolute Gasteiger partial charge is 0.295 e. The first kappa shape index (κ1) is 101. The van der Waals surface area contributed by atoms with Crippen LogP contribution in [0.1, 0.15) is 200 Å². The second-order valence-electron chi connectivity index (χ2n) is 35.0. The number of carbonyl (C=O) groups is 9. The number of unbranched alkanes of at least 4 members (excludes halogenated alkanes) is 3. The van der Waals surface area contributed by atoms with Crippen molar-refractivity contribution in [2.24, 2.45) is 29.4 Å². The lowest BCUT2D eigenvalue weighted by Crippen LogP contribution is -2.64. The van der Waals surface area contributed by atoms with Crippen LogP contribution >= 0.6 is 23.2 Å². The lowest BCUT2D eigenvalue weighted by Gasteiger charge is -2.48. The molecule has 1 aliphatic carbocycles. The molecule has 7 aliphatic rings. The number of hydrogen-bond donors (Lipinski definition) is 21. The van der Waals surface area contributed by atoms with Crippen LogP contribution in [0.4, 0.5) is 0 Å². The number of benzene rings is 6. The molecule has 22 N–H and O–H groups in total. The average Bonchev–Trinajstić information content (AvgIpc) is 0.758. The number of ether oxygens (including phenoxy) is 6.